The van der Waals surface area contributed by atoms with Crippen molar-refractivity contribution in [3.8, 4) is 5.75 Å². The number of primary amides is 1. The molecule has 0 unspecified atom stereocenters. The predicted octanol–water partition coefficient (Wildman–Crippen LogP) is -0.503. The van der Waals surface area contributed by atoms with Gasteiger partial charge in [0, 0.05) is 12.0 Å². The Morgan fingerprint density at radius 2 is 2.20 bits per heavy atom. The topological polar surface area (TPSA) is 111 Å². The third-order valence-electron chi connectivity index (χ3n) is 3.42. The van der Waals surface area contributed by atoms with E-state index in [9.17, 15) is 18.8 Å². The Labute approximate surface area is 112 Å². The minimum Gasteiger partial charge on any atom is -0.480 e. The molecule has 8 heteroatoms. The normalized spacial score (nSPS) is 27.6. The number of urea groups is 1. The second-order valence-corrected chi connectivity index (χ2v) is 4.67. The number of ether oxygens (including phenoxy) is 1. The lowest BCUT2D eigenvalue weighted by molar-refractivity contribution is -0.130. The molecule has 0 saturated carbocycles. The average molecular weight is 279 g/mol. The monoisotopic (exact) mass is 279 g/mol. The van der Waals surface area contributed by atoms with Gasteiger partial charge in [-0.2, -0.15) is 0 Å². The highest BCUT2D eigenvalue weighted by atomic mass is 19.1. The van der Waals surface area contributed by atoms with Crippen LogP contribution in [0.5, 0.6) is 5.75 Å². The third kappa shape index (κ3) is 1.61. The second kappa shape index (κ2) is 3.92. The summed E-state index contributed by atoms with van der Waals surface area (Å²) in [7, 11) is 0. The number of hydrogen-bond donors (Lipinski definition) is 3. The molecule has 4 amide bonds. The maximum Gasteiger partial charge on any atom is 0.322 e. The van der Waals surface area contributed by atoms with Gasteiger partial charge in [0.15, 0.2) is 11.6 Å². The number of carbonyl (C=O) groups excluding carboxylic acids is 3. The molecule has 3 rings (SSSR count). The first-order valence-corrected chi connectivity index (χ1v) is 5.82. The van der Waals surface area contributed by atoms with Crippen molar-refractivity contribution in [2.45, 2.75) is 18.1 Å². The summed E-state index contributed by atoms with van der Waals surface area (Å²) in [5.41, 5.74) is 3.83. The third-order valence-corrected chi connectivity index (χ3v) is 3.42. The minimum atomic E-state index is -1.54. The van der Waals surface area contributed by atoms with Crippen molar-refractivity contribution in [2.24, 2.45) is 5.73 Å². The van der Waals surface area contributed by atoms with E-state index in [1.807, 2.05) is 0 Å². The van der Waals surface area contributed by atoms with Gasteiger partial charge in [0.05, 0.1) is 0 Å². The summed E-state index contributed by atoms with van der Waals surface area (Å²) in [6.07, 6.45) is -1.27. The number of imide groups is 1. The van der Waals surface area contributed by atoms with Gasteiger partial charge >= 0.3 is 6.03 Å². The highest BCUT2D eigenvalue weighted by Gasteiger charge is 2.54. The zero-order valence-corrected chi connectivity index (χ0v) is 10.1. The molecule has 104 valence electrons. The molecule has 1 spiro atoms. The van der Waals surface area contributed by atoms with E-state index in [0.29, 0.717) is 0 Å². The zero-order valence-electron chi connectivity index (χ0n) is 10.1. The average Bonchev–Trinajstić information content (AvgIpc) is 2.65. The van der Waals surface area contributed by atoms with Gasteiger partial charge in [-0.3, -0.25) is 14.9 Å². The van der Waals surface area contributed by atoms with Gasteiger partial charge in [0.2, 0.25) is 0 Å². The van der Waals surface area contributed by atoms with E-state index >= 15 is 0 Å². The fraction of sp³-hybridized carbons (Fsp3) is 0.250. The molecule has 2 atom stereocenters. The number of fused-ring (bicyclic) bond motifs is 2. The molecule has 2 aliphatic rings. The van der Waals surface area contributed by atoms with Gasteiger partial charge in [0.25, 0.3) is 11.8 Å². The first kappa shape index (κ1) is 12.4. The summed E-state index contributed by atoms with van der Waals surface area (Å²) in [6.45, 7) is 0. The number of nitrogens with two attached hydrogens (primary N) is 1. The van der Waals surface area contributed by atoms with Crippen LogP contribution in [0.25, 0.3) is 0 Å². The van der Waals surface area contributed by atoms with Gasteiger partial charge < -0.3 is 15.8 Å². The summed E-state index contributed by atoms with van der Waals surface area (Å²) in [5.74, 6) is -1.88. The predicted molar refractivity (Wildman–Crippen MR) is 63.0 cm³/mol. The number of halogens is 1. The summed E-state index contributed by atoms with van der Waals surface area (Å²) in [6, 6.07) is 2.80. The van der Waals surface area contributed by atoms with Gasteiger partial charge in [-0.15, -0.1) is 0 Å². The molecule has 1 aromatic carbocycles. The number of rotatable bonds is 1. The van der Waals surface area contributed by atoms with Gasteiger partial charge in [-0.1, -0.05) is 0 Å². The molecule has 0 aromatic heterocycles. The van der Waals surface area contributed by atoms with E-state index in [0.717, 1.165) is 12.1 Å². The molecular formula is C12H10FN3O4. The molecule has 1 saturated heterocycles. The Morgan fingerprint density at radius 1 is 1.45 bits per heavy atom. The Morgan fingerprint density at radius 3 is 2.80 bits per heavy atom. The maximum atomic E-state index is 13.4. The molecule has 0 radical (unpaired) electrons. The number of benzene rings is 1. The maximum absolute atomic E-state index is 13.4. The van der Waals surface area contributed by atoms with Crippen molar-refractivity contribution in [3.05, 3.63) is 29.6 Å². The Bertz CT molecular complexity index is 648. The number of nitrogens with one attached hydrogen (secondary N) is 2. The van der Waals surface area contributed by atoms with E-state index in [-0.39, 0.29) is 17.7 Å². The molecular weight excluding hydrogens is 269 g/mol. The van der Waals surface area contributed by atoms with Crippen molar-refractivity contribution in [1.82, 2.24) is 10.6 Å². The lowest BCUT2D eigenvalue weighted by atomic mass is 9.81. The largest absolute Gasteiger partial charge is 0.480 e. The Balaban J connectivity index is 2.18. The summed E-state index contributed by atoms with van der Waals surface area (Å²) >= 11 is 0. The van der Waals surface area contributed by atoms with E-state index in [4.69, 9.17) is 10.5 Å². The molecule has 1 aromatic rings. The van der Waals surface area contributed by atoms with Crippen LogP contribution in [0.4, 0.5) is 9.18 Å². The highest BCUT2D eigenvalue weighted by molar-refractivity contribution is 6.08. The number of amides is 4. The van der Waals surface area contributed by atoms with Crippen LogP contribution >= 0.6 is 0 Å². The van der Waals surface area contributed by atoms with Gasteiger partial charge in [0.1, 0.15) is 11.6 Å². The molecule has 1 fully saturated rings. The first-order chi connectivity index (χ1) is 9.42. The van der Waals surface area contributed by atoms with E-state index in [1.165, 1.54) is 6.07 Å². The lowest BCUT2D eigenvalue weighted by Crippen LogP contribution is -2.53. The summed E-state index contributed by atoms with van der Waals surface area (Å²) < 4.78 is 18.8. The van der Waals surface area contributed by atoms with Gasteiger partial charge in [-0.25, -0.2) is 9.18 Å². The van der Waals surface area contributed by atoms with Crippen LogP contribution < -0.4 is 21.1 Å². The van der Waals surface area contributed by atoms with Crippen LogP contribution in [0.1, 0.15) is 12.0 Å². The van der Waals surface area contributed by atoms with E-state index in [2.05, 4.69) is 10.6 Å². The van der Waals surface area contributed by atoms with Crippen LogP contribution in [0, 0.1) is 5.82 Å². The fourth-order valence-electron chi connectivity index (χ4n) is 2.51. The van der Waals surface area contributed by atoms with E-state index < -0.39 is 35.3 Å². The smallest absolute Gasteiger partial charge is 0.322 e. The number of hydrogen-bond acceptors (Lipinski definition) is 4. The molecule has 0 bridgehead atoms. The van der Waals surface area contributed by atoms with Crippen molar-refractivity contribution >= 4 is 17.8 Å². The quantitative estimate of drug-likeness (QED) is 0.601. The standard InChI is InChI=1S/C12H10FN3O4/c13-5-1-2-7-6(3-5)12(4-8(20-7)9(14)17)10(18)15-11(19)16-12/h1-3,8H,4H2,(H2,14,17)(H2,15,16,18,19)/t8-,12-/m0/s1. The van der Waals surface area contributed by atoms with Crippen molar-refractivity contribution < 1.29 is 23.5 Å². The summed E-state index contributed by atoms with van der Waals surface area (Å²) in [5, 5.41) is 4.51. The van der Waals surface area contributed by atoms with Crippen LogP contribution in [0.15, 0.2) is 18.2 Å². The zero-order chi connectivity index (χ0) is 14.5. The second-order valence-electron chi connectivity index (χ2n) is 4.67. The first-order valence-electron chi connectivity index (χ1n) is 5.82. The van der Waals surface area contributed by atoms with Gasteiger partial charge in [-0.05, 0) is 18.2 Å². The molecule has 7 nitrogen and oxygen atoms in total. The van der Waals surface area contributed by atoms with Crippen molar-refractivity contribution in [1.29, 1.82) is 0 Å². The van der Waals surface area contributed by atoms with Crippen LogP contribution in [-0.2, 0) is 15.1 Å². The van der Waals surface area contributed by atoms with E-state index in [1.54, 1.807) is 0 Å². The molecule has 4 N–H and O–H groups in total. The van der Waals surface area contributed by atoms with Crippen molar-refractivity contribution in [2.75, 3.05) is 0 Å². The Hall–Kier alpha value is -2.64. The van der Waals surface area contributed by atoms with Crippen LogP contribution in [0.3, 0.4) is 0 Å². The summed E-state index contributed by atoms with van der Waals surface area (Å²) in [4.78, 5) is 34.8. The van der Waals surface area contributed by atoms with Crippen LogP contribution in [0.2, 0.25) is 0 Å². The van der Waals surface area contributed by atoms with Crippen LogP contribution in [-0.4, -0.2) is 23.9 Å². The molecule has 2 aliphatic heterocycles. The van der Waals surface area contributed by atoms with Crippen molar-refractivity contribution in [3.63, 3.8) is 0 Å². The SMILES string of the molecule is NC(=O)[C@@H]1C[C@]2(NC(=O)NC2=O)c2cc(F)ccc2O1. The molecule has 0 aliphatic carbocycles. The minimum absolute atomic E-state index is 0.138. The number of carbonyl (C=O) groups is 3. The lowest BCUT2D eigenvalue weighted by Gasteiger charge is -2.36. The fourth-order valence-corrected chi connectivity index (χ4v) is 2.51. The Kier molecular flexibility index (Phi) is 2.43. The molecule has 2 heterocycles. The highest BCUT2D eigenvalue weighted by Crippen LogP contribution is 2.41. The molecule has 20 heavy (non-hydrogen) atoms.